The second kappa shape index (κ2) is 6.66. The SMILES string of the molecule is C[C@@H](NCc1ncccc1C(=O)O)C1CCCCC1. The predicted molar refractivity (Wildman–Crippen MR) is 74.1 cm³/mol. The van der Waals surface area contributed by atoms with Crippen molar-refractivity contribution in [1.29, 1.82) is 0 Å². The van der Waals surface area contributed by atoms with Crippen LogP contribution in [-0.2, 0) is 6.54 Å². The maximum absolute atomic E-state index is 11.1. The summed E-state index contributed by atoms with van der Waals surface area (Å²) in [6.45, 7) is 2.72. The summed E-state index contributed by atoms with van der Waals surface area (Å²) in [5.41, 5.74) is 0.920. The smallest absolute Gasteiger partial charge is 0.337 e. The molecule has 0 spiro atoms. The lowest BCUT2D eigenvalue weighted by atomic mass is 9.84. The van der Waals surface area contributed by atoms with Crippen LogP contribution in [0.25, 0.3) is 0 Å². The van der Waals surface area contributed by atoms with Gasteiger partial charge in [0.1, 0.15) is 0 Å². The number of hydrogen-bond acceptors (Lipinski definition) is 3. The molecule has 1 fully saturated rings. The summed E-state index contributed by atoms with van der Waals surface area (Å²) in [4.78, 5) is 15.3. The Balaban J connectivity index is 1.92. The van der Waals surface area contributed by atoms with Crippen LogP contribution in [-0.4, -0.2) is 22.1 Å². The molecule has 4 nitrogen and oxygen atoms in total. The molecule has 0 aliphatic heterocycles. The number of carbonyl (C=O) groups is 1. The lowest BCUT2D eigenvalue weighted by Gasteiger charge is -2.28. The third-order valence-corrected chi connectivity index (χ3v) is 4.07. The molecular weight excluding hydrogens is 240 g/mol. The molecule has 0 radical (unpaired) electrons. The zero-order chi connectivity index (χ0) is 13.7. The van der Waals surface area contributed by atoms with E-state index in [1.54, 1.807) is 18.3 Å². The lowest BCUT2D eigenvalue weighted by Crippen LogP contribution is -2.34. The van der Waals surface area contributed by atoms with E-state index >= 15 is 0 Å². The number of nitrogens with zero attached hydrogens (tertiary/aromatic N) is 1. The summed E-state index contributed by atoms with van der Waals surface area (Å²) >= 11 is 0. The monoisotopic (exact) mass is 262 g/mol. The Labute approximate surface area is 114 Å². The fraction of sp³-hybridized carbons (Fsp3) is 0.600. The number of carboxylic acids is 1. The van der Waals surface area contributed by atoms with E-state index in [1.165, 1.54) is 32.1 Å². The minimum Gasteiger partial charge on any atom is -0.478 e. The molecule has 1 aromatic heterocycles. The minimum atomic E-state index is -0.907. The van der Waals surface area contributed by atoms with Crippen molar-refractivity contribution in [1.82, 2.24) is 10.3 Å². The van der Waals surface area contributed by atoms with Crippen molar-refractivity contribution in [2.45, 2.75) is 51.6 Å². The van der Waals surface area contributed by atoms with Crippen LogP contribution in [0.4, 0.5) is 0 Å². The molecule has 19 heavy (non-hydrogen) atoms. The zero-order valence-corrected chi connectivity index (χ0v) is 11.4. The first-order chi connectivity index (χ1) is 9.18. The number of rotatable bonds is 5. The summed E-state index contributed by atoms with van der Waals surface area (Å²) < 4.78 is 0. The predicted octanol–water partition coefficient (Wildman–Crippen LogP) is 2.84. The molecule has 1 aliphatic carbocycles. The van der Waals surface area contributed by atoms with Gasteiger partial charge in [-0.15, -0.1) is 0 Å². The second-order valence-corrected chi connectivity index (χ2v) is 5.37. The summed E-state index contributed by atoms with van der Waals surface area (Å²) in [7, 11) is 0. The van der Waals surface area contributed by atoms with Crippen LogP contribution < -0.4 is 5.32 Å². The van der Waals surface area contributed by atoms with Crippen molar-refractivity contribution in [2.75, 3.05) is 0 Å². The molecule has 0 unspecified atom stereocenters. The second-order valence-electron chi connectivity index (χ2n) is 5.37. The van der Waals surface area contributed by atoms with Gasteiger partial charge in [0.15, 0.2) is 0 Å². The van der Waals surface area contributed by atoms with Crippen LogP contribution in [0.1, 0.15) is 55.1 Å². The van der Waals surface area contributed by atoms with Crippen LogP contribution in [0.15, 0.2) is 18.3 Å². The topological polar surface area (TPSA) is 62.2 Å². The summed E-state index contributed by atoms with van der Waals surface area (Å²) in [5.74, 6) is -0.194. The molecular formula is C15H22N2O2. The Kier molecular flexibility index (Phi) is 4.91. The standard InChI is InChI=1S/C15H22N2O2/c1-11(12-6-3-2-4-7-12)17-10-14-13(15(18)19)8-5-9-16-14/h5,8-9,11-12,17H,2-4,6-7,10H2,1H3,(H,18,19)/t11-/m1/s1. The summed E-state index contributed by atoms with van der Waals surface area (Å²) in [6.07, 6.45) is 8.20. The van der Waals surface area contributed by atoms with Crippen LogP contribution in [0.5, 0.6) is 0 Å². The molecule has 1 aliphatic rings. The highest BCUT2D eigenvalue weighted by molar-refractivity contribution is 5.88. The molecule has 1 saturated carbocycles. The largest absolute Gasteiger partial charge is 0.478 e. The maximum atomic E-state index is 11.1. The lowest BCUT2D eigenvalue weighted by molar-refractivity contribution is 0.0694. The van der Waals surface area contributed by atoms with Gasteiger partial charge in [0.05, 0.1) is 11.3 Å². The van der Waals surface area contributed by atoms with Gasteiger partial charge in [-0.05, 0) is 37.8 Å². The normalized spacial score (nSPS) is 18.2. The Hall–Kier alpha value is -1.42. The van der Waals surface area contributed by atoms with Gasteiger partial charge in [0.2, 0.25) is 0 Å². The first kappa shape index (κ1) is 14.0. The van der Waals surface area contributed by atoms with Crippen LogP contribution in [0, 0.1) is 5.92 Å². The van der Waals surface area contributed by atoms with E-state index in [1.807, 2.05) is 0 Å². The quantitative estimate of drug-likeness (QED) is 0.856. The highest BCUT2D eigenvalue weighted by Gasteiger charge is 2.20. The fourth-order valence-corrected chi connectivity index (χ4v) is 2.83. The van der Waals surface area contributed by atoms with E-state index < -0.39 is 5.97 Å². The molecule has 0 bridgehead atoms. The molecule has 0 aromatic carbocycles. The Morgan fingerprint density at radius 2 is 2.21 bits per heavy atom. The molecule has 2 N–H and O–H groups in total. The van der Waals surface area contributed by atoms with Crippen molar-refractivity contribution in [2.24, 2.45) is 5.92 Å². The van der Waals surface area contributed by atoms with Crippen molar-refractivity contribution < 1.29 is 9.90 Å². The fourth-order valence-electron chi connectivity index (χ4n) is 2.83. The third kappa shape index (κ3) is 3.77. The van der Waals surface area contributed by atoms with Gasteiger partial charge in [-0.25, -0.2) is 4.79 Å². The van der Waals surface area contributed by atoms with Gasteiger partial charge in [0.25, 0.3) is 0 Å². The van der Waals surface area contributed by atoms with E-state index in [9.17, 15) is 4.79 Å². The van der Waals surface area contributed by atoms with Gasteiger partial charge in [-0.3, -0.25) is 4.98 Å². The van der Waals surface area contributed by atoms with Crippen LogP contribution in [0.2, 0.25) is 0 Å². The van der Waals surface area contributed by atoms with E-state index in [-0.39, 0.29) is 0 Å². The van der Waals surface area contributed by atoms with E-state index in [2.05, 4.69) is 17.2 Å². The number of hydrogen-bond donors (Lipinski definition) is 2. The van der Waals surface area contributed by atoms with Crippen LogP contribution in [0.3, 0.4) is 0 Å². The summed E-state index contributed by atoms with van der Waals surface area (Å²) in [6, 6.07) is 3.69. The van der Waals surface area contributed by atoms with Gasteiger partial charge in [-0.1, -0.05) is 19.3 Å². The van der Waals surface area contributed by atoms with Crippen molar-refractivity contribution in [3.05, 3.63) is 29.6 Å². The average Bonchev–Trinajstić information content (AvgIpc) is 2.46. The van der Waals surface area contributed by atoms with Gasteiger partial charge in [-0.2, -0.15) is 0 Å². The molecule has 4 heteroatoms. The van der Waals surface area contributed by atoms with Crippen molar-refractivity contribution >= 4 is 5.97 Å². The average molecular weight is 262 g/mol. The Morgan fingerprint density at radius 1 is 1.47 bits per heavy atom. The van der Waals surface area contributed by atoms with Gasteiger partial charge in [0, 0.05) is 18.8 Å². The molecule has 1 aromatic rings. The molecule has 2 rings (SSSR count). The maximum Gasteiger partial charge on any atom is 0.337 e. The van der Waals surface area contributed by atoms with E-state index in [0.29, 0.717) is 29.8 Å². The number of aromatic carboxylic acids is 1. The highest BCUT2D eigenvalue weighted by Crippen LogP contribution is 2.26. The summed E-state index contributed by atoms with van der Waals surface area (Å²) in [5, 5.41) is 12.5. The van der Waals surface area contributed by atoms with Crippen LogP contribution >= 0.6 is 0 Å². The van der Waals surface area contributed by atoms with Gasteiger partial charge >= 0.3 is 5.97 Å². The molecule has 104 valence electrons. The highest BCUT2D eigenvalue weighted by atomic mass is 16.4. The van der Waals surface area contributed by atoms with E-state index in [4.69, 9.17) is 5.11 Å². The van der Waals surface area contributed by atoms with Crippen molar-refractivity contribution in [3.8, 4) is 0 Å². The number of carboxylic acid groups (broad SMARTS) is 1. The third-order valence-electron chi connectivity index (χ3n) is 4.07. The van der Waals surface area contributed by atoms with Gasteiger partial charge < -0.3 is 10.4 Å². The Bertz CT molecular complexity index is 428. The number of nitrogens with one attached hydrogen (secondary N) is 1. The number of aromatic nitrogens is 1. The Morgan fingerprint density at radius 3 is 2.89 bits per heavy atom. The van der Waals surface area contributed by atoms with E-state index in [0.717, 1.165) is 0 Å². The first-order valence-electron chi connectivity index (χ1n) is 7.09. The molecule has 0 amide bonds. The molecule has 1 atom stereocenters. The van der Waals surface area contributed by atoms with Crippen molar-refractivity contribution in [3.63, 3.8) is 0 Å². The minimum absolute atomic E-state index is 0.297. The first-order valence-corrected chi connectivity index (χ1v) is 7.09. The number of pyridine rings is 1. The molecule has 1 heterocycles. The molecule has 0 saturated heterocycles. The zero-order valence-electron chi connectivity index (χ0n) is 11.4.